The fourth-order valence-electron chi connectivity index (χ4n) is 1.96. The van der Waals surface area contributed by atoms with Gasteiger partial charge in [-0.1, -0.05) is 35.3 Å². The molecule has 0 spiro atoms. The van der Waals surface area contributed by atoms with Gasteiger partial charge in [0.15, 0.2) is 5.08 Å². The summed E-state index contributed by atoms with van der Waals surface area (Å²) in [6.07, 6.45) is 0. The third kappa shape index (κ3) is 39.7. The quantitative estimate of drug-likeness (QED) is 0.0198. The lowest BCUT2D eigenvalue weighted by molar-refractivity contribution is 0.261. The number of thioether (sulfide) groups is 12. The molecule has 0 aliphatic heterocycles. The van der Waals surface area contributed by atoms with E-state index in [0.29, 0.717) is 44.5 Å². The normalized spacial score (nSPS) is 13.1. The Labute approximate surface area is 325 Å². The van der Waals surface area contributed by atoms with Crippen LogP contribution in [0.3, 0.4) is 0 Å². The average molecular weight is 894 g/mol. The summed E-state index contributed by atoms with van der Waals surface area (Å²) >= 11 is 16.2. The molecule has 0 rings (SSSR count). The van der Waals surface area contributed by atoms with Crippen LogP contribution in [0.2, 0.25) is 0 Å². The summed E-state index contributed by atoms with van der Waals surface area (Å²) in [6.45, 7) is 0. The highest BCUT2D eigenvalue weighted by Gasteiger charge is 2.05. The van der Waals surface area contributed by atoms with Gasteiger partial charge < -0.3 is 30.0 Å². The van der Waals surface area contributed by atoms with E-state index in [9.17, 15) is 18.7 Å². The van der Waals surface area contributed by atoms with Crippen LogP contribution >= 0.6 is 141 Å². The first-order valence-electron chi connectivity index (χ1n) is 12.5. The van der Waals surface area contributed by atoms with Crippen molar-refractivity contribution in [2.45, 2.75) is 0 Å². The van der Waals surface area contributed by atoms with Crippen molar-refractivity contribution in [1.82, 2.24) is 10.6 Å². The third-order valence-corrected chi connectivity index (χ3v) is 19.0. The van der Waals surface area contributed by atoms with Crippen molar-refractivity contribution in [1.29, 1.82) is 0 Å². The number of aliphatic hydroxyl groups excluding tert-OH is 2. The highest BCUT2D eigenvalue weighted by atomic mass is 32.3. The molecule has 4 N–H and O–H groups in total. The molecule has 0 aromatic rings. The highest BCUT2D eigenvalue weighted by Crippen LogP contribution is 2.19. The SMILES string of the molecule is O=C(NCSCSC/N=C\[S+]([O-])CSCSCO)SCCSCSCC[S+]([O-])/C=N\CSCSCNC(=O)SCSCSCO. The van der Waals surface area contributed by atoms with Crippen LogP contribution in [0.25, 0.3) is 0 Å². The first-order valence-corrected chi connectivity index (χ1v) is 28.8. The molecule has 0 saturated carbocycles. The Morgan fingerprint density at radius 1 is 0.600 bits per heavy atom. The van der Waals surface area contributed by atoms with Crippen molar-refractivity contribution in [3.8, 4) is 0 Å². The van der Waals surface area contributed by atoms with Gasteiger partial charge in [0, 0.05) is 58.9 Å². The van der Waals surface area contributed by atoms with Crippen LogP contribution in [-0.2, 0) is 22.4 Å². The van der Waals surface area contributed by atoms with Gasteiger partial charge in [0.2, 0.25) is 11.1 Å². The number of rotatable bonds is 32. The molecule has 0 bridgehead atoms. The number of nitrogens with zero attached hydrogens (tertiary/aromatic N) is 2. The van der Waals surface area contributed by atoms with Crippen LogP contribution < -0.4 is 10.6 Å². The zero-order valence-corrected chi connectivity index (χ0v) is 35.7. The van der Waals surface area contributed by atoms with Gasteiger partial charge in [-0.15, -0.1) is 94.1 Å². The minimum absolute atomic E-state index is 0.0286. The van der Waals surface area contributed by atoms with Gasteiger partial charge in [-0.25, -0.2) is 9.98 Å². The maximum Gasteiger partial charge on any atom is 0.280 e. The van der Waals surface area contributed by atoms with Crippen molar-refractivity contribution in [3.05, 3.63) is 0 Å². The van der Waals surface area contributed by atoms with Crippen LogP contribution in [0.15, 0.2) is 9.98 Å². The molecule has 264 valence electrons. The molecular weight excluding hydrogens is 853 g/mol. The Bertz CT molecular complexity index is 756. The number of carbonyl (C=O) groups excluding carboxylic acids is 2. The van der Waals surface area contributed by atoms with E-state index < -0.39 is 22.4 Å². The molecule has 0 fully saturated rings. The summed E-state index contributed by atoms with van der Waals surface area (Å²) in [4.78, 5) is 31.9. The molecule has 24 heteroatoms. The lowest BCUT2D eigenvalue weighted by Gasteiger charge is -2.06. The molecule has 0 radical (unpaired) electrons. The van der Waals surface area contributed by atoms with Crippen molar-refractivity contribution in [3.63, 3.8) is 0 Å². The van der Waals surface area contributed by atoms with Crippen molar-refractivity contribution in [2.75, 3.05) is 94.0 Å². The Hall–Kier alpha value is 3.02. The number of aliphatic imine (C=N–C) groups is 2. The van der Waals surface area contributed by atoms with Gasteiger partial charge in [0.25, 0.3) is 10.5 Å². The molecule has 0 saturated heterocycles. The van der Waals surface area contributed by atoms with Crippen molar-refractivity contribution < 1.29 is 28.9 Å². The van der Waals surface area contributed by atoms with E-state index in [1.165, 1.54) is 69.9 Å². The number of carbonyl (C=O) groups is 2. The molecule has 0 heterocycles. The minimum Gasteiger partial charge on any atom is -0.611 e. The standard InChI is InChI=1S/C21H40N4O6S14/c26-11-38-16-40-18-43-21(29)25-8-37-14-34-5-22-9-44(30)4-3-33-13-32-1-2-42-20(28)24-7-36-15-35-6-23-10-45(31)19-41-17-39-12-27/h9-10,26-27H,1-8,11-19H2,(H,24,28)(H,25,29)/b22-9-,23-10-. The molecule has 2 amide bonds. The van der Waals surface area contributed by atoms with Crippen LogP contribution in [0, 0.1) is 0 Å². The van der Waals surface area contributed by atoms with Crippen LogP contribution in [0.4, 0.5) is 9.59 Å². The number of hydrogen-bond donors (Lipinski definition) is 4. The summed E-state index contributed by atoms with van der Waals surface area (Å²) in [5.74, 6) is 5.31. The van der Waals surface area contributed by atoms with Crippen LogP contribution in [0.5, 0.6) is 0 Å². The second-order valence-electron chi connectivity index (χ2n) is 7.04. The van der Waals surface area contributed by atoms with Gasteiger partial charge in [0.1, 0.15) is 5.75 Å². The van der Waals surface area contributed by atoms with Crippen molar-refractivity contribution >= 4 is 185 Å². The van der Waals surface area contributed by atoms with E-state index in [2.05, 4.69) is 20.6 Å². The summed E-state index contributed by atoms with van der Waals surface area (Å²) in [5.41, 5.74) is 2.99. The monoisotopic (exact) mass is 892 g/mol. The topological polar surface area (TPSA) is 169 Å². The van der Waals surface area contributed by atoms with E-state index in [0.717, 1.165) is 37.6 Å². The first kappa shape index (κ1) is 48.0. The predicted molar refractivity (Wildman–Crippen MR) is 229 cm³/mol. The number of amides is 2. The summed E-state index contributed by atoms with van der Waals surface area (Å²) in [5, 5.41) is 28.1. The number of aliphatic hydroxyl groups is 2. The summed E-state index contributed by atoms with van der Waals surface area (Å²) < 4.78 is 23.7. The van der Waals surface area contributed by atoms with Gasteiger partial charge >= 0.3 is 0 Å². The Kier molecular flexibility index (Phi) is 42.5. The summed E-state index contributed by atoms with van der Waals surface area (Å²) in [6, 6.07) is 0. The number of hydrogen-bond acceptors (Lipinski definition) is 20. The molecule has 0 aliphatic rings. The van der Waals surface area contributed by atoms with E-state index in [1.807, 2.05) is 0 Å². The Morgan fingerprint density at radius 3 is 1.78 bits per heavy atom. The maximum absolute atomic E-state index is 12.0. The van der Waals surface area contributed by atoms with Crippen LogP contribution in [-0.4, -0.2) is 135 Å². The fraction of sp³-hybridized carbons (Fsp3) is 0.810. The molecule has 45 heavy (non-hydrogen) atoms. The van der Waals surface area contributed by atoms with Gasteiger partial charge in [-0.3, -0.25) is 9.59 Å². The lowest BCUT2D eigenvalue weighted by Crippen LogP contribution is -2.18. The fourth-order valence-corrected chi connectivity index (χ4v) is 14.8. The van der Waals surface area contributed by atoms with E-state index in [1.54, 1.807) is 82.3 Å². The number of nitrogens with one attached hydrogen (secondary N) is 2. The first-order chi connectivity index (χ1) is 22.0. The second-order valence-corrected chi connectivity index (χ2v) is 24.2. The maximum atomic E-state index is 12.0. The average Bonchev–Trinajstić information content (AvgIpc) is 3.03. The van der Waals surface area contributed by atoms with E-state index in [4.69, 9.17) is 10.2 Å². The Morgan fingerprint density at radius 2 is 1.13 bits per heavy atom. The highest BCUT2D eigenvalue weighted by molar-refractivity contribution is 8.27. The molecule has 0 aromatic carbocycles. The van der Waals surface area contributed by atoms with Gasteiger partial charge in [-0.05, 0) is 11.2 Å². The van der Waals surface area contributed by atoms with Crippen molar-refractivity contribution in [2.24, 2.45) is 9.98 Å². The largest absolute Gasteiger partial charge is 0.611 e. The zero-order chi connectivity index (χ0) is 33.1. The summed E-state index contributed by atoms with van der Waals surface area (Å²) in [7, 11) is 0. The molecule has 0 aromatic heterocycles. The molecular formula is C21H40N4O6S14. The smallest absolute Gasteiger partial charge is 0.280 e. The van der Waals surface area contributed by atoms with E-state index in [-0.39, 0.29) is 22.4 Å². The molecule has 2 unspecified atom stereocenters. The zero-order valence-electron chi connectivity index (χ0n) is 24.3. The van der Waals surface area contributed by atoms with Gasteiger partial charge in [-0.2, -0.15) is 11.8 Å². The molecule has 0 aliphatic carbocycles. The second kappa shape index (κ2) is 39.8. The lowest BCUT2D eigenvalue weighted by atomic mass is 11.0. The van der Waals surface area contributed by atoms with Crippen LogP contribution in [0.1, 0.15) is 0 Å². The van der Waals surface area contributed by atoms with Gasteiger partial charge in [0.05, 0.1) is 35.4 Å². The predicted octanol–water partition coefficient (Wildman–Crippen LogP) is 6.19. The Balaban J connectivity index is 3.44. The molecule has 2 atom stereocenters. The van der Waals surface area contributed by atoms with E-state index >= 15 is 0 Å². The third-order valence-electron chi connectivity index (χ3n) is 3.73. The molecule has 10 nitrogen and oxygen atoms in total. The minimum atomic E-state index is -1.09.